The number of hydrogen-bond acceptors (Lipinski definition) is 5. The van der Waals surface area contributed by atoms with Gasteiger partial charge < -0.3 is 4.74 Å². The van der Waals surface area contributed by atoms with Gasteiger partial charge >= 0.3 is 5.97 Å². The number of para-hydroxylation sites is 1. The standard InChI is InChI=1S/C13H12N2O4/c1-8-5-4-6-11(12(8)15(17)18)13(9(2)7-14)19-10(3)16/h4-6,13H,2H2,1,3H3. The molecule has 1 atom stereocenters. The number of aryl methyl sites for hydroxylation is 1. The number of rotatable bonds is 4. The van der Waals surface area contributed by atoms with E-state index in [0.29, 0.717) is 5.56 Å². The van der Waals surface area contributed by atoms with Crippen LogP contribution < -0.4 is 0 Å². The molecular formula is C13H12N2O4. The molecule has 1 unspecified atom stereocenters. The van der Waals surface area contributed by atoms with Gasteiger partial charge in [0.2, 0.25) is 0 Å². The lowest BCUT2D eigenvalue weighted by atomic mass is 9.99. The quantitative estimate of drug-likeness (QED) is 0.359. The number of nitro benzene ring substituents is 1. The molecule has 0 bridgehead atoms. The van der Waals surface area contributed by atoms with Gasteiger partial charge in [0, 0.05) is 12.5 Å². The van der Waals surface area contributed by atoms with Crippen molar-refractivity contribution in [2.24, 2.45) is 0 Å². The number of esters is 1. The van der Waals surface area contributed by atoms with Crippen molar-refractivity contribution in [2.45, 2.75) is 20.0 Å². The molecule has 19 heavy (non-hydrogen) atoms. The highest BCUT2D eigenvalue weighted by molar-refractivity contribution is 5.67. The van der Waals surface area contributed by atoms with E-state index in [2.05, 4.69) is 6.58 Å². The Balaban J connectivity index is 3.42. The van der Waals surface area contributed by atoms with Crippen LogP contribution in [0.5, 0.6) is 0 Å². The second-order valence-corrected chi connectivity index (χ2v) is 3.90. The van der Waals surface area contributed by atoms with Gasteiger partial charge in [0.05, 0.1) is 22.1 Å². The fraction of sp³-hybridized carbons (Fsp3) is 0.231. The molecule has 0 heterocycles. The molecule has 6 nitrogen and oxygen atoms in total. The third-order valence-electron chi connectivity index (χ3n) is 2.48. The molecule has 0 saturated carbocycles. The first-order valence-electron chi connectivity index (χ1n) is 5.38. The Bertz CT molecular complexity index is 587. The molecule has 0 radical (unpaired) electrons. The van der Waals surface area contributed by atoms with Gasteiger partial charge in [0.15, 0.2) is 6.10 Å². The Morgan fingerprint density at radius 1 is 1.58 bits per heavy atom. The third kappa shape index (κ3) is 3.16. The SMILES string of the molecule is C=C(C#N)C(OC(C)=O)c1cccc(C)c1[N+](=O)[O-]. The molecule has 0 aliphatic rings. The lowest BCUT2D eigenvalue weighted by Crippen LogP contribution is -2.12. The molecule has 0 amide bonds. The largest absolute Gasteiger partial charge is 0.452 e. The van der Waals surface area contributed by atoms with Crippen molar-refractivity contribution in [2.75, 3.05) is 0 Å². The van der Waals surface area contributed by atoms with Crippen LogP contribution in [0.1, 0.15) is 24.2 Å². The van der Waals surface area contributed by atoms with Crippen molar-refractivity contribution < 1.29 is 14.5 Å². The Kier molecular flexibility index (Phi) is 4.37. The zero-order valence-corrected chi connectivity index (χ0v) is 10.5. The normalized spacial score (nSPS) is 11.2. The van der Waals surface area contributed by atoms with Gasteiger partial charge in [-0.15, -0.1) is 0 Å². The van der Waals surface area contributed by atoms with Crippen LogP contribution in [0.4, 0.5) is 5.69 Å². The van der Waals surface area contributed by atoms with Crippen molar-refractivity contribution in [1.82, 2.24) is 0 Å². The number of benzene rings is 1. The highest BCUT2D eigenvalue weighted by Gasteiger charge is 2.28. The molecule has 0 saturated heterocycles. The fourth-order valence-electron chi connectivity index (χ4n) is 1.69. The topological polar surface area (TPSA) is 93.2 Å². The summed E-state index contributed by atoms with van der Waals surface area (Å²) in [5, 5.41) is 20.0. The minimum Gasteiger partial charge on any atom is -0.452 e. The maximum atomic E-state index is 11.1. The summed E-state index contributed by atoms with van der Waals surface area (Å²) >= 11 is 0. The van der Waals surface area contributed by atoms with Gasteiger partial charge in [-0.3, -0.25) is 14.9 Å². The van der Waals surface area contributed by atoms with E-state index in [-0.39, 0.29) is 16.8 Å². The number of hydrogen-bond donors (Lipinski definition) is 0. The lowest BCUT2D eigenvalue weighted by Gasteiger charge is -2.16. The number of nitrogens with zero attached hydrogens (tertiary/aromatic N) is 2. The summed E-state index contributed by atoms with van der Waals surface area (Å²) < 4.78 is 4.97. The van der Waals surface area contributed by atoms with Crippen LogP contribution in [0.15, 0.2) is 30.4 Å². The van der Waals surface area contributed by atoms with Gasteiger partial charge in [-0.05, 0) is 13.0 Å². The number of nitro groups is 1. The molecule has 0 aliphatic carbocycles. The van der Waals surface area contributed by atoms with Crippen LogP contribution in [0.3, 0.4) is 0 Å². The number of carbonyl (C=O) groups excluding carboxylic acids is 1. The molecule has 0 spiro atoms. The maximum absolute atomic E-state index is 11.1. The Morgan fingerprint density at radius 2 is 2.21 bits per heavy atom. The monoisotopic (exact) mass is 260 g/mol. The molecule has 0 aliphatic heterocycles. The highest BCUT2D eigenvalue weighted by Crippen LogP contribution is 2.34. The number of nitriles is 1. The second kappa shape index (κ2) is 5.78. The van der Waals surface area contributed by atoms with Gasteiger partial charge in [-0.25, -0.2) is 0 Å². The number of carbonyl (C=O) groups is 1. The molecule has 1 aromatic rings. The summed E-state index contributed by atoms with van der Waals surface area (Å²) in [5.41, 5.74) is 0.325. The van der Waals surface area contributed by atoms with Crippen LogP contribution in [0, 0.1) is 28.4 Å². The van der Waals surface area contributed by atoms with E-state index in [1.54, 1.807) is 25.1 Å². The van der Waals surface area contributed by atoms with Crippen LogP contribution in [-0.4, -0.2) is 10.9 Å². The molecule has 0 fully saturated rings. The maximum Gasteiger partial charge on any atom is 0.303 e. The van der Waals surface area contributed by atoms with Crippen molar-refractivity contribution in [3.63, 3.8) is 0 Å². The molecule has 6 heteroatoms. The van der Waals surface area contributed by atoms with Gasteiger partial charge in [0.25, 0.3) is 5.69 Å². The van der Waals surface area contributed by atoms with E-state index in [0.717, 1.165) is 0 Å². The van der Waals surface area contributed by atoms with Crippen LogP contribution in [-0.2, 0) is 9.53 Å². The Morgan fingerprint density at radius 3 is 2.68 bits per heavy atom. The zero-order valence-electron chi connectivity index (χ0n) is 10.5. The van der Waals surface area contributed by atoms with E-state index in [1.807, 2.05) is 0 Å². The molecule has 98 valence electrons. The predicted octanol–water partition coefficient (Wildman–Crippen LogP) is 2.59. The first-order chi connectivity index (χ1) is 8.88. The van der Waals surface area contributed by atoms with E-state index >= 15 is 0 Å². The van der Waals surface area contributed by atoms with Crippen molar-refractivity contribution in [3.8, 4) is 6.07 Å². The summed E-state index contributed by atoms with van der Waals surface area (Å²) in [6.07, 6.45) is -1.14. The Hall–Kier alpha value is -2.68. The summed E-state index contributed by atoms with van der Waals surface area (Å²) in [4.78, 5) is 21.6. The van der Waals surface area contributed by atoms with E-state index in [1.165, 1.54) is 13.0 Å². The smallest absolute Gasteiger partial charge is 0.303 e. The van der Waals surface area contributed by atoms with Crippen molar-refractivity contribution in [3.05, 3.63) is 51.6 Å². The second-order valence-electron chi connectivity index (χ2n) is 3.90. The molecule has 1 aromatic carbocycles. The average Bonchev–Trinajstić information content (AvgIpc) is 2.34. The van der Waals surface area contributed by atoms with Crippen LogP contribution in [0.2, 0.25) is 0 Å². The summed E-state index contributed by atoms with van der Waals surface area (Å²) in [6, 6.07) is 6.37. The molecular weight excluding hydrogens is 248 g/mol. The molecule has 1 rings (SSSR count). The molecule has 0 N–H and O–H groups in total. The lowest BCUT2D eigenvalue weighted by molar-refractivity contribution is -0.386. The zero-order chi connectivity index (χ0) is 14.6. The minimum atomic E-state index is -1.14. The van der Waals surface area contributed by atoms with E-state index in [4.69, 9.17) is 10.00 Å². The summed E-state index contributed by atoms with van der Waals surface area (Å²) in [7, 11) is 0. The van der Waals surface area contributed by atoms with Crippen LogP contribution >= 0.6 is 0 Å². The van der Waals surface area contributed by atoms with Crippen LogP contribution in [0.25, 0.3) is 0 Å². The van der Waals surface area contributed by atoms with Gasteiger partial charge in [0.1, 0.15) is 0 Å². The van der Waals surface area contributed by atoms with Crippen molar-refractivity contribution in [1.29, 1.82) is 5.26 Å². The van der Waals surface area contributed by atoms with Crippen molar-refractivity contribution >= 4 is 11.7 Å². The number of ether oxygens (including phenoxy) is 1. The van der Waals surface area contributed by atoms with Gasteiger partial charge in [-0.2, -0.15) is 5.26 Å². The van der Waals surface area contributed by atoms with E-state index in [9.17, 15) is 14.9 Å². The van der Waals surface area contributed by atoms with Gasteiger partial charge in [-0.1, -0.05) is 18.7 Å². The Labute approximate surface area is 110 Å². The predicted molar refractivity (Wildman–Crippen MR) is 67.1 cm³/mol. The first-order valence-corrected chi connectivity index (χ1v) is 5.38. The summed E-state index contributed by atoms with van der Waals surface area (Å²) in [6.45, 7) is 6.21. The fourth-order valence-corrected chi connectivity index (χ4v) is 1.69. The molecule has 0 aromatic heterocycles. The minimum absolute atomic E-state index is 0.0658. The summed E-state index contributed by atoms with van der Waals surface area (Å²) in [5.74, 6) is -0.641. The third-order valence-corrected chi connectivity index (χ3v) is 2.48. The first kappa shape index (κ1) is 14.4. The average molecular weight is 260 g/mol. The van der Waals surface area contributed by atoms with E-state index < -0.39 is 17.0 Å². The highest BCUT2D eigenvalue weighted by atomic mass is 16.6.